The molecule has 2 N–H and O–H groups in total. The van der Waals surface area contributed by atoms with Crippen LogP contribution < -0.4 is 24.8 Å². The van der Waals surface area contributed by atoms with E-state index in [9.17, 15) is 4.79 Å². The van der Waals surface area contributed by atoms with Crippen LogP contribution in [0, 0.1) is 0 Å². The third kappa shape index (κ3) is 7.18. The van der Waals surface area contributed by atoms with E-state index >= 15 is 0 Å². The van der Waals surface area contributed by atoms with Crippen LogP contribution in [0.1, 0.15) is 28.4 Å². The van der Waals surface area contributed by atoms with Crippen molar-refractivity contribution in [2.75, 3.05) is 42.0 Å². The highest BCUT2D eigenvalue weighted by molar-refractivity contribution is 14.0. The third-order valence-electron chi connectivity index (χ3n) is 4.60. The number of methoxy groups -OCH3 is 3. The van der Waals surface area contributed by atoms with E-state index in [0.717, 1.165) is 17.7 Å². The van der Waals surface area contributed by atoms with Crippen molar-refractivity contribution in [3.05, 3.63) is 53.1 Å². The van der Waals surface area contributed by atoms with E-state index in [1.54, 1.807) is 40.3 Å². The number of nitrogens with one attached hydrogen (secondary N) is 2. The molecule has 8 nitrogen and oxygen atoms in total. The van der Waals surface area contributed by atoms with Gasteiger partial charge in [-0.05, 0) is 36.8 Å². The summed E-state index contributed by atoms with van der Waals surface area (Å²) in [5.74, 6) is 2.44. The van der Waals surface area contributed by atoms with Crippen LogP contribution in [0.4, 0.5) is 0 Å². The molecule has 0 spiro atoms. The number of carbonyl (C=O) groups excluding carboxylic acids is 1. The number of rotatable bonds is 9. The maximum absolute atomic E-state index is 12.0. The summed E-state index contributed by atoms with van der Waals surface area (Å²) in [6.07, 6.45) is 0. The fourth-order valence-corrected chi connectivity index (χ4v) is 3.00. The van der Waals surface area contributed by atoms with Crippen LogP contribution >= 0.6 is 24.0 Å². The minimum Gasteiger partial charge on any atom is -0.493 e. The number of hydrogen-bond acceptors (Lipinski definition) is 5. The Morgan fingerprint density at radius 3 is 2.12 bits per heavy atom. The lowest BCUT2D eigenvalue weighted by Crippen LogP contribution is -2.36. The second-order valence-corrected chi connectivity index (χ2v) is 6.94. The zero-order valence-electron chi connectivity index (χ0n) is 19.5. The predicted molar refractivity (Wildman–Crippen MR) is 138 cm³/mol. The molecule has 0 saturated carbocycles. The maximum atomic E-state index is 12.0. The van der Waals surface area contributed by atoms with Gasteiger partial charge >= 0.3 is 0 Å². The number of hydrogen-bond donors (Lipinski definition) is 2. The minimum atomic E-state index is -0.0195. The molecule has 0 aromatic heterocycles. The Morgan fingerprint density at radius 2 is 1.59 bits per heavy atom. The topological polar surface area (TPSA) is 84.4 Å². The molecule has 0 aliphatic carbocycles. The number of carbonyl (C=O) groups is 1. The van der Waals surface area contributed by atoms with Crippen molar-refractivity contribution < 1.29 is 19.0 Å². The summed E-state index contributed by atoms with van der Waals surface area (Å²) >= 11 is 0. The first-order chi connectivity index (χ1) is 14.9. The lowest BCUT2D eigenvalue weighted by molar-refractivity contribution is 0.0827. The summed E-state index contributed by atoms with van der Waals surface area (Å²) in [6.45, 7) is 3.71. The molecule has 0 saturated heterocycles. The fraction of sp³-hybridized carbons (Fsp3) is 0.391. The summed E-state index contributed by atoms with van der Waals surface area (Å²) in [6, 6.07) is 11.3. The van der Waals surface area contributed by atoms with Gasteiger partial charge in [-0.25, -0.2) is 4.99 Å². The first kappa shape index (κ1) is 27.3. The third-order valence-corrected chi connectivity index (χ3v) is 4.60. The molecular formula is C23H33IN4O4. The van der Waals surface area contributed by atoms with Crippen LogP contribution in [-0.4, -0.2) is 58.7 Å². The average molecular weight is 556 g/mol. The number of aliphatic imine (C=N–C) groups is 1. The van der Waals surface area contributed by atoms with E-state index in [-0.39, 0.29) is 29.9 Å². The maximum Gasteiger partial charge on any atom is 0.253 e. The van der Waals surface area contributed by atoms with Gasteiger partial charge in [0, 0.05) is 38.3 Å². The Kier molecular flexibility index (Phi) is 11.7. The number of amides is 1. The fourth-order valence-electron chi connectivity index (χ4n) is 3.00. The predicted octanol–water partition coefficient (Wildman–Crippen LogP) is 3.29. The van der Waals surface area contributed by atoms with Crippen molar-refractivity contribution in [3.63, 3.8) is 0 Å². The van der Waals surface area contributed by atoms with Crippen LogP contribution in [0.3, 0.4) is 0 Å². The Morgan fingerprint density at radius 1 is 0.938 bits per heavy atom. The van der Waals surface area contributed by atoms with Crippen molar-refractivity contribution in [3.8, 4) is 17.2 Å². The minimum absolute atomic E-state index is 0. The smallest absolute Gasteiger partial charge is 0.253 e. The van der Waals surface area contributed by atoms with Crippen molar-refractivity contribution in [1.29, 1.82) is 0 Å². The van der Waals surface area contributed by atoms with Gasteiger partial charge in [0.05, 0.1) is 27.9 Å². The summed E-state index contributed by atoms with van der Waals surface area (Å²) in [7, 11) is 8.25. The molecular weight excluding hydrogens is 523 g/mol. The molecule has 0 unspecified atom stereocenters. The van der Waals surface area contributed by atoms with Gasteiger partial charge in [0.15, 0.2) is 17.5 Å². The molecule has 2 aromatic carbocycles. The first-order valence-electron chi connectivity index (χ1n) is 10.1. The Balaban J connectivity index is 0.00000512. The van der Waals surface area contributed by atoms with Gasteiger partial charge in [-0.1, -0.05) is 12.1 Å². The molecule has 0 fully saturated rings. The highest BCUT2D eigenvalue weighted by Crippen LogP contribution is 2.39. The van der Waals surface area contributed by atoms with E-state index in [0.29, 0.717) is 41.9 Å². The van der Waals surface area contributed by atoms with Gasteiger partial charge in [0.25, 0.3) is 5.91 Å². The zero-order chi connectivity index (χ0) is 22.8. The van der Waals surface area contributed by atoms with Crippen LogP contribution in [0.25, 0.3) is 0 Å². The molecule has 0 aliphatic heterocycles. The molecule has 1 amide bonds. The molecule has 32 heavy (non-hydrogen) atoms. The zero-order valence-corrected chi connectivity index (χ0v) is 21.9. The molecule has 0 heterocycles. The molecule has 0 aliphatic rings. The molecule has 176 valence electrons. The first-order valence-corrected chi connectivity index (χ1v) is 10.1. The van der Waals surface area contributed by atoms with Crippen molar-refractivity contribution in [2.24, 2.45) is 4.99 Å². The molecule has 2 aromatic rings. The van der Waals surface area contributed by atoms with Crippen molar-refractivity contribution >= 4 is 35.8 Å². The summed E-state index contributed by atoms with van der Waals surface area (Å²) in [5, 5.41) is 6.55. The van der Waals surface area contributed by atoms with Gasteiger partial charge in [0.2, 0.25) is 5.75 Å². The van der Waals surface area contributed by atoms with Crippen molar-refractivity contribution in [1.82, 2.24) is 15.5 Å². The largest absolute Gasteiger partial charge is 0.493 e. The Labute approximate surface area is 207 Å². The molecule has 0 atom stereocenters. The summed E-state index contributed by atoms with van der Waals surface area (Å²) in [4.78, 5) is 18.2. The lowest BCUT2D eigenvalue weighted by atomic mass is 10.1. The number of benzene rings is 2. The molecule has 2 rings (SSSR count). The van der Waals surface area contributed by atoms with Gasteiger partial charge in [-0.2, -0.15) is 0 Å². The molecule has 9 heteroatoms. The van der Waals surface area contributed by atoms with E-state index in [1.165, 1.54) is 0 Å². The number of nitrogens with zero attached hydrogens (tertiary/aromatic N) is 2. The quantitative estimate of drug-likeness (QED) is 0.280. The van der Waals surface area contributed by atoms with E-state index < -0.39 is 0 Å². The second kappa shape index (κ2) is 13.7. The van der Waals surface area contributed by atoms with E-state index in [1.807, 2.05) is 43.3 Å². The lowest BCUT2D eigenvalue weighted by Gasteiger charge is -2.17. The molecule has 0 radical (unpaired) electrons. The van der Waals surface area contributed by atoms with Gasteiger partial charge < -0.3 is 29.7 Å². The average Bonchev–Trinajstić information content (AvgIpc) is 2.79. The summed E-state index contributed by atoms with van der Waals surface area (Å²) < 4.78 is 16.3. The van der Waals surface area contributed by atoms with Crippen LogP contribution in [0.5, 0.6) is 17.2 Å². The highest BCUT2D eigenvalue weighted by atomic mass is 127. The molecule has 0 bridgehead atoms. The Hall–Kier alpha value is -2.69. The number of halogens is 1. The van der Waals surface area contributed by atoms with Crippen LogP contribution in [-0.2, 0) is 13.1 Å². The van der Waals surface area contributed by atoms with Gasteiger partial charge in [-0.3, -0.25) is 4.79 Å². The summed E-state index contributed by atoms with van der Waals surface area (Å²) in [5.41, 5.74) is 2.58. The second-order valence-electron chi connectivity index (χ2n) is 6.94. The van der Waals surface area contributed by atoms with Gasteiger partial charge in [0.1, 0.15) is 0 Å². The monoisotopic (exact) mass is 556 g/mol. The van der Waals surface area contributed by atoms with Crippen molar-refractivity contribution in [2.45, 2.75) is 20.0 Å². The highest BCUT2D eigenvalue weighted by Gasteiger charge is 2.16. The normalized spacial score (nSPS) is 10.6. The van der Waals surface area contributed by atoms with E-state index in [2.05, 4.69) is 15.6 Å². The SMILES string of the molecule is CCNC(=NCc1ccc(C(=O)N(C)C)cc1)NCc1ccc(OC)c(OC)c1OC.I. The van der Waals surface area contributed by atoms with Crippen LogP contribution in [0.15, 0.2) is 41.4 Å². The van der Waals surface area contributed by atoms with E-state index in [4.69, 9.17) is 14.2 Å². The number of ether oxygens (including phenoxy) is 3. The standard InChI is InChI=1S/C23H32N4O4.HI/c1-7-24-23(25-14-16-8-10-17(11-9-16)22(28)27(2)3)26-15-18-12-13-19(29-4)21(31-6)20(18)30-5;/h8-13H,7,14-15H2,1-6H3,(H2,24,25,26);1H. The number of guanidine groups is 1. The van der Waals surface area contributed by atoms with Gasteiger partial charge in [-0.15, -0.1) is 24.0 Å². The Bertz CT molecular complexity index is 902. The van der Waals surface area contributed by atoms with Crippen LogP contribution in [0.2, 0.25) is 0 Å².